The smallest absolute Gasteiger partial charge is 0.216 e. The van der Waals surface area contributed by atoms with E-state index in [1.54, 1.807) is 6.26 Å². The summed E-state index contributed by atoms with van der Waals surface area (Å²) in [7, 11) is 0. The number of halogens is 2. The highest BCUT2D eigenvalue weighted by Gasteiger charge is 2.20. The van der Waals surface area contributed by atoms with Crippen LogP contribution in [0, 0.1) is 5.82 Å². The third-order valence-corrected chi connectivity index (χ3v) is 5.48. The zero-order valence-electron chi connectivity index (χ0n) is 18.8. The van der Waals surface area contributed by atoms with Crippen molar-refractivity contribution in [2.24, 2.45) is 4.99 Å². The van der Waals surface area contributed by atoms with Gasteiger partial charge in [-0.2, -0.15) is 5.10 Å². The molecule has 1 aliphatic heterocycles. The topological polar surface area (TPSA) is 94.4 Å². The van der Waals surface area contributed by atoms with Crippen molar-refractivity contribution in [3.63, 3.8) is 0 Å². The van der Waals surface area contributed by atoms with Gasteiger partial charge in [-0.3, -0.25) is 15.0 Å². The van der Waals surface area contributed by atoms with Gasteiger partial charge in [-0.15, -0.1) is 24.0 Å². The van der Waals surface area contributed by atoms with Gasteiger partial charge in [-0.1, -0.05) is 12.1 Å². The highest BCUT2D eigenvalue weighted by atomic mass is 127. The number of benzene rings is 1. The number of nitrogens with zero attached hydrogens (tertiary/aromatic N) is 4. The Morgan fingerprint density at radius 1 is 1.24 bits per heavy atom. The lowest BCUT2D eigenvalue weighted by molar-refractivity contribution is 0.198. The zero-order valence-corrected chi connectivity index (χ0v) is 21.1. The molecular weight excluding hydrogens is 536 g/mol. The molecule has 3 N–H and O–H groups in total. The average Bonchev–Trinajstić information content (AvgIpc) is 3.49. The highest BCUT2D eigenvalue weighted by Crippen LogP contribution is 2.15. The van der Waals surface area contributed by atoms with Crippen molar-refractivity contribution < 1.29 is 8.81 Å². The van der Waals surface area contributed by atoms with Gasteiger partial charge in [0.1, 0.15) is 11.6 Å². The van der Waals surface area contributed by atoms with Crippen LogP contribution in [0.1, 0.15) is 31.2 Å². The molecule has 1 aliphatic rings. The van der Waals surface area contributed by atoms with Crippen LogP contribution >= 0.6 is 24.0 Å². The fourth-order valence-electron chi connectivity index (χ4n) is 3.79. The number of rotatable bonds is 8. The minimum absolute atomic E-state index is 0. The van der Waals surface area contributed by atoms with Crippen molar-refractivity contribution in [2.45, 2.75) is 38.8 Å². The number of likely N-dealkylation sites (tertiary alicyclic amines) is 1. The summed E-state index contributed by atoms with van der Waals surface area (Å²) in [5.74, 6) is 2.64. The van der Waals surface area contributed by atoms with Crippen LogP contribution in [-0.4, -0.2) is 58.3 Å². The fourth-order valence-corrected chi connectivity index (χ4v) is 3.79. The first-order valence-electron chi connectivity index (χ1n) is 11.2. The molecule has 0 saturated carbocycles. The van der Waals surface area contributed by atoms with E-state index in [1.807, 2.05) is 24.3 Å². The maximum atomic E-state index is 13.1. The number of hydrogen-bond donors (Lipinski definition) is 3. The lowest BCUT2D eigenvalue weighted by Gasteiger charge is -2.33. The molecule has 3 heterocycles. The Morgan fingerprint density at radius 2 is 2.03 bits per heavy atom. The molecule has 3 aromatic rings. The molecule has 0 radical (unpaired) electrons. The first-order chi connectivity index (χ1) is 15.7. The molecule has 0 atom stereocenters. The summed E-state index contributed by atoms with van der Waals surface area (Å²) in [5, 5.41) is 14.0. The zero-order chi connectivity index (χ0) is 22.2. The molecule has 10 heteroatoms. The lowest BCUT2D eigenvalue weighted by Crippen LogP contribution is -2.48. The Bertz CT molecular complexity index is 983. The number of guanidine groups is 1. The highest BCUT2D eigenvalue weighted by molar-refractivity contribution is 14.0. The normalized spacial score (nSPS) is 15.3. The first kappa shape index (κ1) is 25.2. The number of aliphatic imine (C=N–C) groups is 1. The number of piperidine rings is 1. The molecule has 1 aromatic carbocycles. The van der Waals surface area contributed by atoms with E-state index in [0.29, 0.717) is 30.6 Å². The monoisotopic (exact) mass is 567 g/mol. The Morgan fingerprint density at radius 3 is 2.73 bits per heavy atom. The molecular formula is C23H31FIN7O. The molecule has 0 unspecified atom stereocenters. The van der Waals surface area contributed by atoms with E-state index in [2.05, 4.69) is 37.6 Å². The van der Waals surface area contributed by atoms with Crippen LogP contribution in [-0.2, 0) is 13.0 Å². The minimum atomic E-state index is -0.187. The Hall–Kier alpha value is -2.47. The summed E-state index contributed by atoms with van der Waals surface area (Å²) >= 11 is 0. The summed E-state index contributed by atoms with van der Waals surface area (Å²) in [6, 6.07) is 10.8. The predicted octanol–water partition coefficient (Wildman–Crippen LogP) is 3.58. The van der Waals surface area contributed by atoms with E-state index in [9.17, 15) is 4.39 Å². The van der Waals surface area contributed by atoms with Gasteiger partial charge in [-0.05, 0) is 49.6 Å². The molecule has 33 heavy (non-hydrogen) atoms. The molecule has 0 aliphatic carbocycles. The summed E-state index contributed by atoms with van der Waals surface area (Å²) < 4.78 is 18.4. The molecule has 8 nitrogen and oxygen atoms in total. The fraction of sp³-hybridized carbons (Fsp3) is 0.435. The summed E-state index contributed by atoms with van der Waals surface area (Å²) in [6.45, 7) is 6.34. The quantitative estimate of drug-likeness (QED) is 0.219. The van der Waals surface area contributed by atoms with Gasteiger partial charge < -0.3 is 15.1 Å². The number of aromatic amines is 1. The van der Waals surface area contributed by atoms with Gasteiger partial charge in [0.2, 0.25) is 5.82 Å². The van der Waals surface area contributed by atoms with E-state index in [4.69, 9.17) is 9.41 Å². The summed E-state index contributed by atoms with van der Waals surface area (Å²) in [6.07, 6.45) is 4.36. The molecule has 1 fully saturated rings. The van der Waals surface area contributed by atoms with Crippen molar-refractivity contribution in [1.29, 1.82) is 0 Å². The van der Waals surface area contributed by atoms with Crippen molar-refractivity contribution in [3.8, 4) is 11.6 Å². The predicted molar refractivity (Wildman–Crippen MR) is 137 cm³/mol. The average molecular weight is 567 g/mol. The van der Waals surface area contributed by atoms with Crippen molar-refractivity contribution in [2.75, 3.05) is 26.2 Å². The minimum Gasteiger partial charge on any atom is -0.461 e. The Kier molecular flexibility index (Phi) is 9.67. The maximum absolute atomic E-state index is 13.1. The van der Waals surface area contributed by atoms with Crippen LogP contribution in [0.5, 0.6) is 0 Å². The van der Waals surface area contributed by atoms with E-state index >= 15 is 0 Å². The summed E-state index contributed by atoms with van der Waals surface area (Å²) in [4.78, 5) is 11.6. The van der Waals surface area contributed by atoms with Gasteiger partial charge in [-0.25, -0.2) is 9.37 Å². The number of H-pyrrole nitrogens is 1. The van der Waals surface area contributed by atoms with Crippen LogP contribution in [0.3, 0.4) is 0 Å². The second-order valence-corrected chi connectivity index (χ2v) is 7.91. The van der Waals surface area contributed by atoms with E-state index < -0.39 is 0 Å². The second-order valence-electron chi connectivity index (χ2n) is 7.91. The third kappa shape index (κ3) is 7.53. The van der Waals surface area contributed by atoms with Crippen molar-refractivity contribution >= 4 is 29.9 Å². The van der Waals surface area contributed by atoms with Crippen LogP contribution < -0.4 is 10.6 Å². The molecule has 1 saturated heterocycles. The Labute approximate surface area is 210 Å². The van der Waals surface area contributed by atoms with Gasteiger partial charge >= 0.3 is 0 Å². The van der Waals surface area contributed by atoms with E-state index in [0.717, 1.165) is 56.4 Å². The van der Waals surface area contributed by atoms with E-state index in [1.165, 1.54) is 12.1 Å². The van der Waals surface area contributed by atoms with Crippen LogP contribution in [0.2, 0.25) is 0 Å². The lowest BCUT2D eigenvalue weighted by atomic mass is 10.0. The SMILES string of the molecule is CCNC(=NCCc1nc(-c2ccco2)n[nH]1)NC1CCN(Cc2ccc(F)cc2)CC1.I. The van der Waals surface area contributed by atoms with Crippen LogP contribution in [0.25, 0.3) is 11.6 Å². The number of nitrogens with one attached hydrogen (secondary N) is 3. The molecule has 178 valence electrons. The number of hydrogen-bond acceptors (Lipinski definition) is 5. The second kappa shape index (κ2) is 12.7. The van der Waals surface area contributed by atoms with Gasteiger partial charge in [0, 0.05) is 45.2 Å². The van der Waals surface area contributed by atoms with Gasteiger partial charge in [0.25, 0.3) is 0 Å². The number of furan rings is 1. The molecule has 2 aromatic heterocycles. The maximum Gasteiger partial charge on any atom is 0.216 e. The van der Waals surface area contributed by atoms with Crippen molar-refractivity contribution in [1.82, 2.24) is 30.7 Å². The van der Waals surface area contributed by atoms with Crippen molar-refractivity contribution in [3.05, 3.63) is 59.9 Å². The van der Waals surface area contributed by atoms with Gasteiger partial charge in [0.15, 0.2) is 11.7 Å². The standard InChI is InChI=1S/C23H30FN7O.HI/c1-2-25-23(26-12-9-21-28-22(30-29-21)20-4-3-15-32-20)27-19-10-13-31(14-11-19)16-17-5-7-18(24)8-6-17;/h3-8,15,19H,2,9-14,16H2,1H3,(H2,25,26,27)(H,28,29,30);1H. The third-order valence-electron chi connectivity index (χ3n) is 5.48. The Balaban J connectivity index is 0.00000306. The number of aromatic nitrogens is 3. The van der Waals surface area contributed by atoms with Crippen LogP contribution in [0.15, 0.2) is 52.1 Å². The molecule has 0 bridgehead atoms. The molecule has 4 rings (SSSR count). The first-order valence-corrected chi connectivity index (χ1v) is 11.2. The molecule has 0 amide bonds. The molecule has 0 spiro atoms. The van der Waals surface area contributed by atoms with E-state index in [-0.39, 0.29) is 29.8 Å². The summed E-state index contributed by atoms with van der Waals surface area (Å²) in [5.41, 5.74) is 1.15. The van der Waals surface area contributed by atoms with Gasteiger partial charge in [0.05, 0.1) is 6.26 Å². The van der Waals surface area contributed by atoms with Crippen LogP contribution in [0.4, 0.5) is 4.39 Å². The largest absolute Gasteiger partial charge is 0.461 e.